The molecule has 0 heterocycles. The van der Waals surface area contributed by atoms with Crippen LogP contribution in [0.4, 0.5) is 0 Å². The summed E-state index contributed by atoms with van der Waals surface area (Å²) in [6.07, 6.45) is 9.48. The predicted octanol–water partition coefficient (Wildman–Crippen LogP) is 3.05. The van der Waals surface area contributed by atoms with E-state index >= 15 is 0 Å². The molecule has 0 bridgehead atoms. The molecule has 0 spiro atoms. The molecule has 0 aliphatic rings. The summed E-state index contributed by atoms with van der Waals surface area (Å²) in [7, 11) is 0. The third-order valence-corrected chi connectivity index (χ3v) is 3.02. The van der Waals surface area contributed by atoms with Crippen LogP contribution < -0.4 is 0 Å². The fourth-order valence-corrected chi connectivity index (χ4v) is 1.88. The molecule has 0 amide bonds. The van der Waals surface area contributed by atoms with Crippen molar-refractivity contribution in [3.8, 4) is 0 Å². The van der Waals surface area contributed by atoms with Crippen LogP contribution in [0.2, 0.25) is 0 Å². The first-order chi connectivity index (χ1) is 9.11. The second-order valence-electron chi connectivity index (χ2n) is 4.73. The van der Waals surface area contributed by atoms with E-state index in [0.717, 1.165) is 25.3 Å². The van der Waals surface area contributed by atoms with E-state index in [9.17, 15) is 9.59 Å². The Bertz CT molecular complexity index is 279. The molecular weight excluding hydrogens is 267 g/mol. The van der Waals surface area contributed by atoms with Crippen molar-refractivity contribution in [3.63, 3.8) is 0 Å². The first-order valence-electron chi connectivity index (χ1n) is 7.17. The summed E-state index contributed by atoms with van der Waals surface area (Å²) in [6, 6.07) is 0. The van der Waals surface area contributed by atoms with Crippen molar-refractivity contribution in [1.82, 2.24) is 0 Å². The van der Waals surface area contributed by atoms with E-state index in [1.54, 1.807) is 0 Å². The summed E-state index contributed by atoms with van der Waals surface area (Å²) in [5.41, 5.74) is 0. The number of hydrogen-bond donors (Lipinski definition) is 1. The summed E-state index contributed by atoms with van der Waals surface area (Å²) in [6.45, 7) is 5.44. The Morgan fingerprint density at radius 3 is 2.05 bits per heavy atom. The topological polar surface area (TPSA) is 63.6 Å². The molecule has 5 heteroatoms. The SMILES string of the molecule is C=CC(=O)OC(CCCCCCCCCC)C(=O)O.[NaH]. The van der Waals surface area contributed by atoms with Crippen LogP contribution in [0.15, 0.2) is 12.7 Å². The predicted molar refractivity (Wildman–Crippen MR) is 82.1 cm³/mol. The van der Waals surface area contributed by atoms with Gasteiger partial charge in [0.2, 0.25) is 0 Å². The normalized spacial score (nSPS) is 11.2. The molecule has 0 rings (SSSR count). The Balaban J connectivity index is 0. The van der Waals surface area contributed by atoms with Crippen molar-refractivity contribution >= 4 is 41.5 Å². The standard InChI is InChI=1S/C15H26O4.Na.H/c1-3-5-6-7-8-9-10-11-12-13(15(17)18)19-14(16)4-2;;/h4,13H,2-3,5-12H2,1H3,(H,17,18);;. The average molecular weight is 294 g/mol. The van der Waals surface area contributed by atoms with Gasteiger partial charge in [-0.25, -0.2) is 9.59 Å². The third kappa shape index (κ3) is 12.7. The zero-order chi connectivity index (χ0) is 14.5. The van der Waals surface area contributed by atoms with Gasteiger partial charge in [0.05, 0.1) is 0 Å². The van der Waals surface area contributed by atoms with E-state index < -0.39 is 18.0 Å². The Kier molecular flexibility index (Phi) is 16.6. The summed E-state index contributed by atoms with van der Waals surface area (Å²) in [4.78, 5) is 21.8. The van der Waals surface area contributed by atoms with Gasteiger partial charge in [-0.2, -0.15) is 0 Å². The Morgan fingerprint density at radius 1 is 1.10 bits per heavy atom. The van der Waals surface area contributed by atoms with Crippen molar-refractivity contribution in [2.75, 3.05) is 0 Å². The van der Waals surface area contributed by atoms with E-state index in [-0.39, 0.29) is 29.6 Å². The summed E-state index contributed by atoms with van der Waals surface area (Å²) < 4.78 is 4.76. The van der Waals surface area contributed by atoms with E-state index in [0.29, 0.717) is 6.42 Å². The molecule has 0 aromatic heterocycles. The number of carboxylic acids is 1. The zero-order valence-electron chi connectivity index (χ0n) is 11.9. The second kappa shape index (κ2) is 15.1. The number of esters is 1. The van der Waals surface area contributed by atoms with Crippen LogP contribution in [0, 0.1) is 0 Å². The molecular formula is C15H27NaO4. The maximum absolute atomic E-state index is 11.0. The number of carboxylic acid groups (broad SMARTS) is 1. The molecule has 20 heavy (non-hydrogen) atoms. The molecule has 0 radical (unpaired) electrons. The van der Waals surface area contributed by atoms with Crippen LogP contribution in [-0.4, -0.2) is 52.7 Å². The zero-order valence-corrected chi connectivity index (χ0v) is 11.9. The second-order valence-corrected chi connectivity index (χ2v) is 4.73. The number of unbranched alkanes of at least 4 members (excludes halogenated alkanes) is 7. The van der Waals surface area contributed by atoms with E-state index in [1.165, 1.54) is 32.1 Å². The van der Waals surface area contributed by atoms with E-state index in [4.69, 9.17) is 9.84 Å². The molecule has 0 fully saturated rings. The van der Waals surface area contributed by atoms with Gasteiger partial charge in [0.25, 0.3) is 0 Å². The summed E-state index contributed by atoms with van der Waals surface area (Å²) in [5.74, 6) is -1.76. The van der Waals surface area contributed by atoms with Gasteiger partial charge < -0.3 is 9.84 Å². The van der Waals surface area contributed by atoms with Gasteiger partial charge in [-0.15, -0.1) is 0 Å². The number of aliphatic carboxylic acids is 1. The quantitative estimate of drug-likeness (QED) is 0.260. The van der Waals surface area contributed by atoms with E-state index in [2.05, 4.69) is 13.5 Å². The first kappa shape index (κ1) is 22.0. The molecule has 0 aromatic carbocycles. The number of rotatable bonds is 12. The van der Waals surface area contributed by atoms with Crippen LogP contribution in [0.25, 0.3) is 0 Å². The van der Waals surface area contributed by atoms with Gasteiger partial charge >= 0.3 is 41.5 Å². The molecule has 4 nitrogen and oxygen atoms in total. The van der Waals surface area contributed by atoms with Crippen LogP contribution >= 0.6 is 0 Å². The average Bonchev–Trinajstić information content (AvgIpc) is 2.39. The minimum absolute atomic E-state index is 0. The Morgan fingerprint density at radius 2 is 1.60 bits per heavy atom. The van der Waals surface area contributed by atoms with Crippen molar-refractivity contribution in [3.05, 3.63) is 12.7 Å². The summed E-state index contributed by atoms with van der Waals surface area (Å²) in [5, 5.41) is 8.91. The number of carbonyl (C=O) groups is 2. The van der Waals surface area contributed by atoms with Gasteiger partial charge in [-0.1, -0.05) is 58.4 Å². The molecule has 0 saturated heterocycles. The van der Waals surface area contributed by atoms with Crippen LogP contribution in [0.1, 0.15) is 64.7 Å². The minimum atomic E-state index is -1.09. The van der Waals surface area contributed by atoms with Gasteiger partial charge in [-0.3, -0.25) is 0 Å². The molecule has 0 aromatic rings. The third-order valence-electron chi connectivity index (χ3n) is 3.02. The molecule has 0 aliphatic heterocycles. The molecule has 0 saturated carbocycles. The maximum atomic E-state index is 11.0. The molecule has 0 aliphatic carbocycles. The van der Waals surface area contributed by atoms with Gasteiger partial charge in [-0.05, 0) is 12.8 Å². The number of ether oxygens (including phenoxy) is 1. The van der Waals surface area contributed by atoms with Crippen LogP contribution in [-0.2, 0) is 14.3 Å². The van der Waals surface area contributed by atoms with Gasteiger partial charge in [0.1, 0.15) is 0 Å². The van der Waals surface area contributed by atoms with Crippen molar-refractivity contribution < 1.29 is 19.4 Å². The van der Waals surface area contributed by atoms with Gasteiger partial charge in [0, 0.05) is 6.08 Å². The van der Waals surface area contributed by atoms with Crippen molar-refractivity contribution in [1.29, 1.82) is 0 Å². The van der Waals surface area contributed by atoms with Crippen LogP contribution in [0.3, 0.4) is 0 Å². The van der Waals surface area contributed by atoms with Crippen LogP contribution in [0.5, 0.6) is 0 Å². The Hall–Kier alpha value is -0.320. The van der Waals surface area contributed by atoms with E-state index in [1.807, 2.05) is 0 Å². The van der Waals surface area contributed by atoms with Crippen molar-refractivity contribution in [2.45, 2.75) is 70.8 Å². The number of hydrogen-bond acceptors (Lipinski definition) is 3. The summed E-state index contributed by atoms with van der Waals surface area (Å²) >= 11 is 0. The Labute approximate surface area is 144 Å². The fraction of sp³-hybridized carbons (Fsp3) is 0.733. The van der Waals surface area contributed by atoms with Gasteiger partial charge in [0.15, 0.2) is 6.10 Å². The first-order valence-corrected chi connectivity index (χ1v) is 7.17. The fourth-order valence-electron chi connectivity index (χ4n) is 1.88. The number of carbonyl (C=O) groups excluding carboxylic acids is 1. The van der Waals surface area contributed by atoms with Crippen molar-refractivity contribution in [2.24, 2.45) is 0 Å². The molecule has 1 N–H and O–H groups in total. The molecule has 112 valence electrons. The molecule has 1 unspecified atom stereocenters. The molecule has 1 atom stereocenters. The monoisotopic (exact) mass is 294 g/mol.